The van der Waals surface area contributed by atoms with Crippen molar-refractivity contribution >= 4 is 56.2 Å². The number of pyridine rings is 1. The van der Waals surface area contributed by atoms with Gasteiger partial charge in [-0.3, -0.25) is 29.3 Å². The first-order valence-electron chi connectivity index (χ1n) is 13.3. The van der Waals surface area contributed by atoms with Crippen molar-refractivity contribution in [2.24, 2.45) is 4.99 Å². The SMILES string of the molecule is CC(=O)C[C@@H](C=O)NC(=O)CN1C(=O)C(NS(=O)(=O)c2cccc3cccnc23)N=C(c2ccccc2)c2ccccc21. The Labute approximate surface area is 247 Å². The van der Waals surface area contributed by atoms with Crippen LogP contribution in [0.5, 0.6) is 0 Å². The van der Waals surface area contributed by atoms with E-state index in [1.165, 1.54) is 19.2 Å². The third-order valence-corrected chi connectivity index (χ3v) is 8.17. The summed E-state index contributed by atoms with van der Waals surface area (Å²) in [6.07, 6.45) is 0.0455. The number of nitrogens with zero attached hydrogens (tertiary/aromatic N) is 3. The Morgan fingerprint density at radius 1 is 0.977 bits per heavy atom. The number of hydrogen-bond acceptors (Lipinski definition) is 8. The van der Waals surface area contributed by atoms with E-state index in [2.05, 4.69) is 20.0 Å². The van der Waals surface area contributed by atoms with Gasteiger partial charge in [0.05, 0.1) is 23.0 Å². The van der Waals surface area contributed by atoms with Crippen molar-refractivity contribution in [2.75, 3.05) is 11.4 Å². The molecule has 1 unspecified atom stereocenters. The second-order valence-electron chi connectivity index (χ2n) is 9.86. The molecule has 2 atom stereocenters. The van der Waals surface area contributed by atoms with Gasteiger partial charge < -0.3 is 10.1 Å². The fourth-order valence-corrected chi connectivity index (χ4v) is 6.09. The maximum absolute atomic E-state index is 14.1. The molecule has 1 aliphatic rings. The molecule has 5 rings (SSSR count). The smallest absolute Gasteiger partial charge is 0.268 e. The Kier molecular flexibility index (Phi) is 8.51. The summed E-state index contributed by atoms with van der Waals surface area (Å²) in [5.41, 5.74) is 1.97. The molecular formula is C31H27N5O6S. The largest absolute Gasteiger partial charge is 0.345 e. The highest BCUT2D eigenvalue weighted by molar-refractivity contribution is 7.89. The Morgan fingerprint density at radius 2 is 1.70 bits per heavy atom. The second-order valence-corrected chi connectivity index (χ2v) is 11.5. The van der Waals surface area contributed by atoms with Gasteiger partial charge in [-0.2, -0.15) is 4.72 Å². The zero-order valence-electron chi connectivity index (χ0n) is 23.0. The number of fused-ring (bicyclic) bond motifs is 2. The Bertz CT molecular complexity index is 1850. The number of carbonyl (C=O) groups is 4. The summed E-state index contributed by atoms with van der Waals surface area (Å²) >= 11 is 0. The van der Waals surface area contributed by atoms with Crippen molar-refractivity contribution in [1.29, 1.82) is 0 Å². The number of sulfonamides is 1. The quantitative estimate of drug-likeness (QED) is 0.266. The van der Waals surface area contributed by atoms with Crippen molar-refractivity contribution in [3.8, 4) is 0 Å². The van der Waals surface area contributed by atoms with Crippen LogP contribution in [0.3, 0.4) is 0 Å². The Hall–Kier alpha value is -5.07. The lowest BCUT2D eigenvalue weighted by atomic mass is 10.0. The molecule has 2 heterocycles. The lowest BCUT2D eigenvalue weighted by Gasteiger charge is -2.25. The fourth-order valence-electron chi connectivity index (χ4n) is 4.84. The molecule has 43 heavy (non-hydrogen) atoms. The van der Waals surface area contributed by atoms with Gasteiger partial charge in [0, 0.05) is 29.1 Å². The predicted molar refractivity (Wildman–Crippen MR) is 160 cm³/mol. The lowest BCUT2D eigenvalue weighted by Crippen LogP contribution is -2.51. The van der Waals surface area contributed by atoms with Crippen molar-refractivity contribution in [3.63, 3.8) is 0 Å². The number of anilines is 1. The molecule has 0 radical (unpaired) electrons. The van der Waals surface area contributed by atoms with E-state index in [1.54, 1.807) is 72.8 Å². The first kappa shape index (κ1) is 29.4. The summed E-state index contributed by atoms with van der Waals surface area (Å²) in [7, 11) is -4.37. The van der Waals surface area contributed by atoms with E-state index in [-0.39, 0.29) is 22.6 Å². The predicted octanol–water partition coefficient (Wildman–Crippen LogP) is 2.39. The van der Waals surface area contributed by atoms with Crippen LogP contribution in [-0.2, 0) is 29.2 Å². The number of aromatic nitrogens is 1. The maximum Gasteiger partial charge on any atom is 0.268 e. The Balaban J connectivity index is 1.59. The minimum absolute atomic E-state index is 0.140. The van der Waals surface area contributed by atoms with Crippen LogP contribution in [0.25, 0.3) is 10.9 Å². The van der Waals surface area contributed by atoms with E-state index in [1.807, 2.05) is 6.07 Å². The van der Waals surface area contributed by atoms with Crippen LogP contribution >= 0.6 is 0 Å². The maximum atomic E-state index is 14.1. The van der Waals surface area contributed by atoms with Crippen LogP contribution in [0.4, 0.5) is 5.69 Å². The number of aldehydes is 1. The molecular weight excluding hydrogens is 570 g/mol. The van der Waals surface area contributed by atoms with Gasteiger partial charge in [0.25, 0.3) is 5.91 Å². The highest BCUT2D eigenvalue weighted by atomic mass is 32.2. The monoisotopic (exact) mass is 597 g/mol. The van der Waals surface area contributed by atoms with Crippen LogP contribution in [0.15, 0.2) is 101 Å². The van der Waals surface area contributed by atoms with Crippen LogP contribution in [-0.4, -0.2) is 61.7 Å². The number of Topliss-reactive ketones (excluding diaryl/α,β-unsaturated/α-hetero) is 1. The normalized spacial score (nSPS) is 15.7. The highest BCUT2D eigenvalue weighted by Crippen LogP contribution is 2.29. The molecule has 0 fully saturated rings. The molecule has 1 aliphatic heterocycles. The van der Waals surface area contributed by atoms with E-state index >= 15 is 0 Å². The van der Waals surface area contributed by atoms with Gasteiger partial charge in [0.2, 0.25) is 15.9 Å². The summed E-state index contributed by atoms with van der Waals surface area (Å²) < 4.78 is 30.0. The topological polar surface area (TPSA) is 155 Å². The average molecular weight is 598 g/mol. The molecule has 11 nitrogen and oxygen atoms in total. The number of hydrogen-bond donors (Lipinski definition) is 2. The number of carbonyl (C=O) groups excluding carboxylic acids is 4. The summed E-state index contributed by atoms with van der Waals surface area (Å²) in [6, 6.07) is 22.7. The number of para-hydroxylation sites is 2. The standard InChI is InChI=1S/C31H27N5O6S/c1-20(38)17-23(19-37)33-27(39)18-36-25-14-6-5-13-24(25)28(21-9-3-2-4-10-21)34-30(31(36)40)35-43(41,42)26-15-7-11-22-12-8-16-32-29(22)26/h2-16,19,23,30,35H,17-18H2,1H3,(H,33,39)/t23-,30?/m0/s1. The molecule has 2 amide bonds. The van der Waals surface area contributed by atoms with Gasteiger partial charge in [-0.15, -0.1) is 0 Å². The number of ketones is 1. The summed E-state index contributed by atoms with van der Waals surface area (Å²) in [4.78, 5) is 60.0. The zero-order chi connectivity index (χ0) is 30.6. The third kappa shape index (κ3) is 6.40. The molecule has 12 heteroatoms. The van der Waals surface area contributed by atoms with Gasteiger partial charge in [0.1, 0.15) is 23.5 Å². The molecule has 218 valence electrons. The van der Waals surface area contributed by atoms with Crippen molar-refractivity contribution in [2.45, 2.75) is 30.4 Å². The molecule has 2 N–H and O–H groups in total. The van der Waals surface area contributed by atoms with E-state index in [9.17, 15) is 27.6 Å². The van der Waals surface area contributed by atoms with Gasteiger partial charge >= 0.3 is 0 Å². The first-order chi connectivity index (χ1) is 20.7. The number of benzodiazepines with no additional fused rings is 1. The number of benzene rings is 3. The van der Waals surface area contributed by atoms with Gasteiger partial charge in [-0.25, -0.2) is 8.42 Å². The number of aliphatic imine (C=N–C) groups is 1. The van der Waals surface area contributed by atoms with E-state index in [0.717, 1.165) is 4.90 Å². The van der Waals surface area contributed by atoms with E-state index in [4.69, 9.17) is 0 Å². The number of rotatable bonds is 10. The second kappa shape index (κ2) is 12.4. The molecule has 0 bridgehead atoms. The highest BCUT2D eigenvalue weighted by Gasteiger charge is 2.36. The first-order valence-corrected chi connectivity index (χ1v) is 14.8. The van der Waals surface area contributed by atoms with Crippen LogP contribution < -0.4 is 14.9 Å². The fraction of sp³-hybridized carbons (Fsp3) is 0.161. The van der Waals surface area contributed by atoms with Crippen molar-refractivity contribution < 1.29 is 27.6 Å². The number of amides is 2. The van der Waals surface area contributed by atoms with E-state index in [0.29, 0.717) is 34.2 Å². The lowest BCUT2D eigenvalue weighted by molar-refractivity contribution is -0.126. The Morgan fingerprint density at radius 3 is 2.44 bits per heavy atom. The molecule has 1 aromatic heterocycles. The third-order valence-electron chi connectivity index (χ3n) is 6.73. The van der Waals surface area contributed by atoms with Crippen LogP contribution in [0.1, 0.15) is 24.5 Å². The molecule has 3 aromatic carbocycles. The van der Waals surface area contributed by atoms with Crippen molar-refractivity contribution in [3.05, 3.63) is 102 Å². The van der Waals surface area contributed by atoms with Crippen LogP contribution in [0.2, 0.25) is 0 Å². The minimum atomic E-state index is -4.37. The molecule has 0 aliphatic carbocycles. The minimum Gasteiger partial charge on any atom is -0.345 e. The van der Waals surface area contributed by atoms with Gasteiger partial charge in [0.15, 0.2) is 6.17 Å². The number of nitrogens with one attached hydrogen (secondary N) is 2. The summed E-state index contributed by atoms with van der Waals surface area (Å²) in [6.45, 7) is 0.728. The molecule has 0 spiro atoms. The molecule has 0 saturated heterocycles. The van der Waals surface area contributed by atoms with Gasteiger partial charge in [-0.05, 0) is 25.1 Å². The van der Waals surface area contributed by atoms with Gasteiger partial charge in [-0.1, -0.05) is 66.7 Å². The molecule has 0 saturated carbocycles. The summed E-state index contributed by atoms with van der Waals surface area (Å²) in [5, 5.41) is 3.05. The van der Waals surface area contributed by atoms with E-state index < -0.39 is 40.6 Å². The zero-order valence-corrected chi connectivity index (χ0v) is 23.8. The average Bonchev–Trinajstić information content (AvgIpc) is 3.11. The van der Waals surface area contributed by atoms with Crippen molar-refractivity contribution in [1.82, 2.24) is 15.0 Å². The molecule has 4 aromatic rings. The van der Waals surface area contributed by atoms with Crippen LogP contribution in [0, 0.1) is 0 Å². The summed E-state index contributed by atoms with van der Waals surface area (Å²) in [5.74, 6) is -1.84.